The molecular weight excluding hydrogens is 312 g/mol. The molecule has 1 aromatic heterocycles. The van der Waals surface area contributed by atoms with Crippen LogP contribution in [-0.4, -0.2) is 34.2 Å². The highest BCUT2D eigenvalue weighted by Gasteiger charge is 2.32. The van der Waals surface area contributed by atoms with Crippen LogP contribution >= 0.6 is 0 Å². The molecule has 1 saturated heterocycles. The van der Waals surface area contributed by atoms with E-state index in [4.69, 9.17) is 5.73 Å². The number of hydrogen-bond acceptors (Lipinski definition) is 5. The quantitative estimate of drug-likeness (QED) is 0.771. The van der Waals surface area contributed by atoms with Gasteiger partial charge in [0.05, 0.1) is 5.69 Å². The van der Waals surface area contributed by atoms with Crippen molar-refractivity contribution in [1.29, 1.82) is 0 Å². The molecule has 2 heterocycles. The largest absolute Gasteiger partial charge is 0.508 e. The van der Waals surface area contributed by atoms with E-state index in [1.165, 1.54) is 5.56 Å². The van der Waals surface area contributed by atoms with Crippen molar-refractivity contribution in [3.05, 3.63) is 72.6 Å². The zero-order chi connectivity index (χ0) is 17.2. The maximum atomic E-state index is 9.44. The van der Waals surface area contributed by atoms with Crippen LogP contribution in [0.3, 0.4) is 0 Å². The molecule has 5 nitrogen and oxygen atoms in total. The normalized spacial score (nSPS) is 20.0. The third kappa shape index (κ3) is 3.19. The van der Waals surface area contributed by atoms with Gasteiger partial charge in [-0.3, -0.25) is 0 Å². The molecule has 5 heteroatoms. The number of aromatic hydroxyl groups is 1. The van der Waals surface area contributed by atoms with E-state index in [0.29, 0.717) is 5.92 Å². The van der Waals surface area contributed by atoms with Crippen molar-refractivity contribution in [3.8, 4) is 17.0 Å². The molecule has 0 aliphatic carbocycles. The summed E-state index contributed by atoms with van der Waals surface area (Å²) in [5.41, 5.74) is 9.44. The first-order valence-electron chi connectivity index (χ1n) is 8.37. The molecule has 1 aliphatic heterocycles. The molecule has 0 unspecified atom stereocenters. The molecule has 3 aromatic rings. The summed E-state index contributed by atoms with van der Waals surface area (Å²) in [6.07, 6.45) is 1.58. The summed E-state index contributed by atoms with van der Waals surface area (Å²) in [6.45, 7) is 1.61. The number of aromatic nitrogens is 2. The number of rotatable bonds is 3. The van der Waals surface area contributed by atoms with Gasteiger partial charge in [0.1, 0.15) is 17.9 Å². The Morgan fingerprint density at radius 3 is 2.48 bits per heavy atom. The SMILES string of the molecule is N[C@H]1CN(c2cc(-c3ccc(O)cc3)ncn2)C[C@@H]1c1ccccc1. The van der Waals surface area contributed by atoms with Gasteiger partial charge in [-0.05, 0) is 29.8 Å². The van der Waals surface area contributed by atoms with Crippen molar-refractivity contribution in [2.45, 2.75) is 12.0 Å². The summed E-state index contributed by atoms with van der Waals surface area (Å²) in [5, 5.41) is 9.44. The Kier molecular flexibility index (Phi) is 4.07. The fourth-order valence-corrected chi connectivity index (χ4v) is 3.38. The Labute approximate surface area is 146 Å². The van der Waals surface area contributed by atoms with Crippen LogP contribution in [0.5, 0.6) is 5.75 Å². The van der Waals surface area contributed by atoms with Crippen LogP contribution in [0.25, 0.3) is 11.3 Å². The van der Waals surface area contributed by atoms with Crippen molar-refractivity contribution in [2.24, 2.45) is 5.73 Å². The molecule has 25 heavy (non-hydrogen) atoms. The predicted molar refractivity (Wildman–Crippen MR) is 98.5 cm³/mol. The first-order chi connectivity index (χ1) is 12.2. The van der Waals surface area contributed by atoms with Crippen LogP contribution in [0.15, 0.2) is 67.0 Å². The lowest BCUT2D eigenvalue weighted by molar-refractivity contribution is 0.475. The average Bonchev–Trinajstić information content (AvgIpc) is 3.05. The first-order valence-corrected chi connectivity index (χ1v) is 8.37. The Balaban J connectivity index is 1.58. The van der Waals surface area contributed by atoms with Crippen LogP contribution in [0.4, 0.5) is 5.82 Å². The molecule has 2 aromatic carbocycles. The predicted octanol–water partition coefficient (Wildman–Crippen LogP) is 2.78. The minimum Gasteiger partial charge on any atom is -0.508 e. The molecule has 126 valence electrons. The number of anilines is 1. The minimum absolute atomic E-state index is 0.0782. The van der Waals surface area contributed by atoms with E-state index < -0.39 is 0 Å². The highest BCUT2D eigenvalue weighted by atomic mass is 16.3. The summed E-state index contributed by atoms with van der Waals surface area (Å²) in [7, 11) is 0. The summed E-state index contributed by atoms with van der Waals surface area (Å²) >= 11 is 0. The minimum atomic E-state index is 0.0782. The third-order valence-electron chi connectivity index (χ3n) is 4.73. The Bertz CT molecular complexity index is 851. The van der Waals surface area contributed by atoms with Crippen LogP contribution in [0, 0.1) is 0 Å². The third-order valence-corrected chi connectivity index (χ3v) is 4.73. The average molecular weight is 332 g/mol. The van der Waals surface area contributed by atoms with E-state index in [1.807, 2.05) is 24.3 Å². The number of hydrogen-bond donors (Lipinski definition) is 2. The molecule has 0 saturated carbocycles. The van der Waals surface area contributed by atoms with Gasteiger partial charge in [-0.15, -0.1) is 0 Å². The summed E-state index contributed by atoms with van der Waals surface area (Å²) < 4.78 is 0. The Morgan fingerprint density at radius 2 is 1.72 bits per heavy atom. The summed E-state index contributed by atoms with van der Waals surface area (Å²) in [4.78, 5) is 11.0. The molecule has 0 spiro atoms. The molecule has 3 N–H and O–H groups in total. The van der Waals surface area contributed by atoms with Gasteiger partial charge in [0, 0.05) is 36.7 Å². The van der Waals surface area contributed by atoms with Gasteiger partial charge in [-0.1, -0.05) is 30.3 Å². The van der Waals surface area contributed by atoms with E-state index in [-0.39, 0.29) is 11.8 Å². The molecular formula is C20H20N4O. The monoisotopic (exact) mass is 332 g/mol. The van der Waals surface area contributed by atoms with E-state index in [1.54, 1.807) is 18.5 Å². The number of nitrogens with two attached hydrogens (primary N) is 1. The van der Waals surface area contributed by atoms with E-state index in [9.17, 15) is 5.11 Å². The number of phenols is 1. The van der Waals surface area contributed by atoms with Crippen LogP contribution in [0.2, 0.25) is 0 Å². The number of nitrogens with zero attached hydrogens (tertiary/aromatic N) is 3. The van der Waals surface area contributed by atoms with Gasteiger partial charge in [0.15, 0.2) is 0 Å². The maximum Gasteiger partial charge on any atom is 0.132 e. The number of benzene rings is 2. The zero-order valence-electron chi connectivity index (χ0n) is 13.8. The second kappa shape index (κ2) is 6.53. The fraction of sp³-hybridized carbons (Fsp3) is 0.200. The van der Waals surface area contributed by atoms with Gasteiger partial charge in [0.2, 0.25) is 0 Å². The topological polar surface area (TPSA) is 75.3 Å². The second-order valence-electron chi connectivity index (χ2n) is 6.39. The molecule has 0 bridgehead atoms. The molecule has 0 amide bonds. The van der Waals surface area contributed by atoms with Crippen LogP contribution in [0.1, 0.15) is 11.5 Å². The first kappa shape index (κ1) is 15.6. The zero-order valence-corrected chi connectivity index (χ0v) is 13.8. The Morgan fingerprint density at radius 1 is 0.960 bits per heavy atom. The lowest BCUT2D eigenvalue weighted by Gasteiger charge is -2.18. The number of phenolic OH excluding ortho intramolecular Hbond substituents is 1. The van der Waals surface area contributed by atoms with E-state index >= 15 is 0 Å². The highest BCUT2D eigenvalue weighted by Crippen LogP contribution is 2.30. The van der Waals surface area contributed by atoms with E-state index in [2.05, 4.69) is 39.1 Å². The van der Waals surface area contributed by atoms with E-state index in [0.717, 1.165) is 30.2 Å². The second-order valence-corrected chi connectivity index (χ2v) is 6.39. The molecule has 0 radical (unpaired) electrons. The molecule has 1 fully saturated rings. The van der Waals surface area contributed by atoms with Crippen molar-refractivity contribution < 1.29 is 5.11 Å². The van der Waals surface area contributed by atoms with Crippen molar-refractivity contribution in [3.63, 3.8) is 0 Å². The van der Waals surface area contributed by atoms with Crippen molar-refractivity contribution >= 4 is 5.82 Å². The van der Waals surface area contributed by atoms with Crippen LogP contribution in [-0.2, 0) is 0 Å². The van der Waals surface area contributed by atoms with Gasteiger partial charge < -0.3 is 15.7 Å². The van der Waals surface area contributed by atoms with Gasteiger partial charge in [-0.2, -0.15) is 0 Å². The fourth-order valence-electron chi connectivity index (χ4n) is 3.38. The smallest absolute Gasteiger partial charge is 0.132 e. The van der Waals surface area contributed by atoms with Crippen LogP contribution < -0.4 is 10.6 Å². The van der Waals surface area contributed by atoms with Gasteiger partial charge in [0.25, 0.3) is 0 Å². The molecule has 4 rings (SSSR count). The van der Waals surface area contributed by atoms with Gasteiger partial charge in [-0.25, -0.2) is 9.97 Å². The standard InChI is InChI=1S/C20H20N4O/c21-18-12-24(11-17(18)14-4-2-1-3-5-14)20-10-19(22-13-23-20)15-6-8-16(25)9-7-15/h1-10,13,17-18,25H,11-12,21H2/t17-,18+/m1/s1. The summed E-state index contributed by atoms with van der Waals surface area (Å²) in [5.74, 6) is 1.43. The summed E-state index contributed by atoms with van der Waals surface area (Å²) in [6, 6.07) is 19.5. The lowest BCUT2D eigenvalue weighted by atomic mass is 9.95. The Hall–Kier alpha value is -2.92. The van der Waals surface area contributed by atoms with Crippen molar-refractivity contribution in [1.82, 2.24) is 9.97 Å². The van der Waals surface area contributed by atoms with Gasteiger partial charge >= 0.3 is 0 Å². The highest BCUT2D eigenvalue weighted by molar-refractivity contribution is 5.63. The maximum absolute atomic E-state index is 9.44. The van der Waals surface area contributed by atoms with Crippen molar-refractivity contribution in [2.75, 3.05) is 18.0 Å². The molecule has 2 atom stereocenters. The lowest BCUT2D eigenvalue weighted by Crippen LogP contribution is -2.29. The molecule has 1 aliphatic rings.